The molecule has 0 bridgehead atoms. The van der Waals surface area contributed by atoms with E-state index < -0.39 is 0 Å². The Morgan fingerprint density at radius 3 is 2.67 bits per heavy atom. The van der Waals surface area contributed by atoms with Crippen molar-refractivity contribution < 1.29 is 5.11 Å². The van der Waals surface area contributed by atoms with Crippen LogP contribution in [0.5, 0.6) is 0 Å². The minimum atomic E-state index is -0.0664. The van der Waals surface area contributed by atoms with Gasteiger partial charge in [0, 0.05) is 0 Å². The van der Waals surface area contributed by atoms with Gasteiger partial charge in [0.15, 0.2) is 0 Å². The van der Waals surface area contributed by atoms with Gasteiger partial charge in [0.05, 0.1) is 6.10 Å². The summed E-state index contributed by atoms with van der Waals surface area (Å²) in [6.07, 6.45) is 7.56. The van der Waals surface area contributed by atoms with E-state index in [4.69, 9.17) is 0 Å². The standard InChI is InChI=1S/C11H20O/c1-4-6-11(3)7-5-10(12)9(2)8-11/h4,6,9-10,12H,5,7-8H2,1-3H3/b6-4+/t9-,10-,11+/m0/s1. The second-order valence-electron chi connectivity index (χ2n) is 4.44. The Kier molecular flexibility index (Phi) is 2.94. The lowest BCUT2D eigenvalue weighted by Crippen LogP contribution is -2.32. The van der Waals surface area contributed by atoms with Gasteiger partial charge in [-0.15, -0.1) is 0 Å². The summed E-state index contributed by atoms with van der Waals surface area (Å²) in [6, 6.07) is 0. The molecule has 0 heterocycles. The predicted octanol–water partition coefficient (Wildman–Crippen LogP) is 2.75. The summed E-state index contributed by atoms with van der Waals surface area (Å²) in [5.41, 5.74) is 0.341. The highest BCUT2D eigenvalue weighted by atomic mass is 16.3. The third kappa shape index (κ3) is 2.10. The maximum Gasteiger partial charge on any atom is 0.0566 e. The lowest BCUT2D eigenvalue weighted by Gasteiger charge is -2.37. The van der Waals surface area contributed by atoms with Crippen LogP contribution in [-0.4, -0.2) is 11.2 Å². The first-order valence-electron chi connectivity index (χ1n) is 4.89. The molecule has 12 heavy (non-hydrogen) atoms. The van der Waals surface area contributed by atoms with E-state index in [1.54, 1.807) is 0 Å². The summed E-state index contributed by atoms with van der Waals surface area (Å²) >= 11 is 0. The van der Waals surface area contributed by atoms with Crippen LogP contribution in [0, 0.1) is 11.3 Å². The van der Waals surface area contributed by atoms with Crippen molar-refractivity contribution in [3.05, 3.63) is 12.2 Å². The summed E-state index contributed by atoms with van der Waals surface area (Å²) < 4.78 is 0. The van der Waals surface area contributed by atoms with E-state index in [0.717, 1.165) is 19.3 Å². The van der Waals surface area contributed by atoms with Crippen molar-refractivity contribution in [2.75, 3.05) is 0 Å². The van der Waals surface area contributed by atoms with Crippen LogP contribution >= 0.6 is 0 Å². The molecule has 1 N–H and O–H groups in total. The molecule has 0 saturated heterocycles. The van der Waals surface area contributed by atoms with Crippen molar-refractivity contribution in [3.8, 4) is 0 Å². The Morgan fingerprint density at radius 1 is 1.50 bits per heavy atom. The number of rotatable bonds is 1. The van der Waals surface area contributed by atoms with Crippen LogP contribution in [0.25, 0.3) is 0 Å². The molecule has 70 valence electrons. The lowest BCUT2D eigenvalue weighted by molar-refractivity contribution is 0.0404. The maximum atomic E-state index is 9.55. The zero-order chi connectivity index (χ0) is 9.19. The first-order chi connectivity index (χ1) is 5.57. The molecule has 1 rings (SSSR count). The molecule has 0 aliphatic heterocycles. The average molecular weight is 168 g/mol. The Morgan fingerprint density at radius 2 is 2.17 bits per heavy atom. The zero-order valence-electron chi connectivity index (χ0n) is 8.38. The fraction of sp³-hybridized carbons (Fsp3) is 0.818. The van der Waals surface area contributed by atoms with Crippen LogP contribution < -0.4 is 0 Å². The Labute approximate surface area is 75.5 Å². The highest BCUT2D eigenvalue weighted by molar-refractivity contribution is 4.99. The van der Waals surface area contributed by atoms with Gasteiger partial charge in [0.25, 0.3) is 0 Å². The molecule has 0 aromatic rings. The monoisotopic (exact) mass is 168 g/mol. The molecule has 1 fully saturated rings. The molecular weight excluding hydrogens is 148 g/mol. The average Bonchev–Trinajstić information content (AvgIpc) is 1.98. The van der Waals surface area contributed by atoms with Crippen molar-refractivity contribution in [1.29, 1.82) is 0 Å². The van der Waals surface area contributed by atoms with Gasteiger partial charge >= 0.3 is 0 Å². The Bertz CT molecular complexity index is 174. The second-order valence-corrected chi connectivity index (χ2v) is 4.44. The molecule has 0 aromatic carbocycles. The second kappa shape index (κ2) is 3.61. The number of allylic oxidation sites excluding steroid dienone is 2. The lowest BCUT2D eigenvalue weighted by atomic mass is 9.70. The van der Waals surface area contributed by atoms with Gasteiger partial charge in [-0.1, -0.05) is 26.0 Å². The van der Waals surface area contributed by atoms with Crippen molar-refractivity contribution in [2.45, 2.75) is 46.1 Å². The molecule has 1 aliphatic carbocycles. The third-order valence-corrected chi connectivity index (χ3v) is 3.03. The molecule has 0 amide bonds. The van der Waals surface area contributed by atoms with E-state index >= 15 is 0 Å². The summed E-state index contributed by atoms with van der Waals surface area (Å²) in [5, 5.41) is 9.55. The minimum Gasteiger partial charge on any atom is -0.393 e. The molecule has 3 atom stereocenters. The predicted molar refractivity (Wildman–Crippen MR) is 51.9 cm³/mol. The van der Waals surface area contributed by atoms with Gasteiger partial charge in [-0.05, 0) is 37.5 Å². The quantitative estimate of drug-likeness (QED) is 0.597. The molecule has 0 radical (unpaired) electrons. The highest BCUT2D eigenvalue weighted by Gasteiger charge is 2.32. The van der Waals surface area contributed by atoms with Gasteiger partial charge in [-0.25, -0.2) is 0 Å². The van der Waals surface area contributed by atoms with Crippen molar-refractivity contribution in [1.82, 2.24) is 0 Å². The summed E-state index contributed by atoms with van der Waals surface area (Å²) in [4.78, 5) is 0. The van der Waals surface area contributed by atoms with Crippen molar-refractivity contribution in [3.63, 3.8) is 0 Å². The molecule has 1 nitrogen and oxygen atoms in total. The zero-order valence-corrected chi connectivity index (χ0v) is 8.38. The first kappa shape index (κ1) is 9.79. The largest absolute Gasteiger partial charge is 0.393 e. The summed E-state index contributed by atoms with van der Waals surface area (Å²) in [5.74, 6) is 0.458. The van der Waals surface area contributed by atoms with Crippen molar-refractivity contribution in [2.24, 2.45) is 11.3 Å². The van der Waals surface area contributed by atoms with Crippen LogP contribution in [-0.2, 0) is 0 Å². The highest BCUT2D eigenvalue weighted by Crippen LogP contribution is 2.40. The normalized spacial score (nSPS) is 43.7. The minimum absolute atomic E-state index is 0.0664. The summed E-state index contributed by atoms with van der Waals surface area (Å²) in [7, 11) is 0. The molecule has 1 saturated carbocycles. The van der Waals surface area contributed by atoms with Crippen LogP contribution in [0.4, 0.5) is 0 Å². The van der Waals surface area contributed by atoms with Gasteiger partial charge in [0.1, 0.15) is 0 Å². The first-order valence-corrected chi connectivity index (χ1v) is 4.89. The van der Waals surface area contributed by atoms with E-state index in [0.29, 0.717) is 11.3 Å². The van der Waals surface area contributed by atoms with Crippen LogP contribution in [0.2, 0.25) is 0 Å². The van der Waals surface area contributed by atoms with E-state index in [2.05, 4.69) is 32.9 Å². The molecule has 0 unspecified atom stereocenters. The molecule has 1 aliphatic rings. The fourth-order valence-corrected chi connectivity index (χ4v) is 2.29. The maximum absolute atomic E-state index is 9.55. The van der Waals surface area contributed by atoms with E-state index in [-0.39, 0.29) is 6.10 Å². The van der Waals surface area contributed by atoms with Gasteiger partial charge in [-0.3, -0.25) is 0 Å². The van der Waals surface area contributed by atoms with Crippen molar-refractivity contribution >= 4 is 0 Å². The molecule has 0 spiro atoms. The van der Waals surface area contributed by atoms with Crippen LogP contribution in [0.15, 0.2) is 12.2 Å². The van der Waals surface area contributed by atoms with Crippen LogP contribution in [0.1, 0.15) is 40.0 Å². The smallest absolute Gasteiger partial charge is 0.0566 e. The number of aliphatic hydroxyl groups is 1. The number of hydrogen-bond acceptors (Lipinski definition) is 1. The topological polar surface area (TPSA) is 20.2 Å². The fourth-order valence-electron chi connectivity index (χ4n) is 2.29. The number of hydrogen-bond donors (Lipinski definition) is 1. The van der Waals surface area contributed by atoms with Gasteiger partial charge in [-0.2, -0.15) is 0 Å². The number of aliphatic hydroxyl groups excluding tert-OH is 1. The molecular formula is C11H20O. The molecule has 0 aromatic heterocycles. The Balaban J connectivity index is 2.60. The third-order valence-electron chi connectivity index (χ3n) is 3.03. The van der Waals surface area contributed by atoms with E-state index in [1.165, 1.54) is 0 Å². The van der Waals surface area contributed by atoms with Gasteiger partial charge < -0.3 is 5.11 Å². The Hall–Kier alpha value is -0.300. The summed E-state index contributed by atoms with van der Waals surface area (Å²) in [6.45, 7) is 6.50. The van der Waals surface area contributed by atoms with E-state index in [9.17, 15) is 5.11 Å². The van der Waals surface area contributed by atoms with E-state index in [1.807, 2.05) is 0 Å². The van der Waals surface area contributed by atoms with Crippen LogP contribution in [0.3, 0.4) is 0 Å². The molecule has 1 heteroatoms. The SMILES string of the molecule is C/C=C/[C@]1(C)CC[C@H](O)[C@@H](C)C1. The van der Waals surface area contributed by atoms with Gasteiger partial charge in [0.2, 0.25) is 0 Å².